The second-order valence-corrected chi connectivity index (χ2v) is 5.87. The molecule has 1 N–H and O–H groups in total. The standard InChI is InChI=1S/C20H18FNO4/c1-26-12-11-22-17(14-9-5-6-10-15(14)21)16(19(24)20(22)25)18(23)13-7-3-2-4-8-13/h2-10,17,23H,11-12H2,1H3. The normalized spacial score (nSPS) is 19.2. The van der Waals surface area contributed by atoms with Crippen LogP contribution >= 0.6 is 0 Å². The number of ether oxygens (including phenoxy) is 1. The van der Waals surface area contributed by atoms with Gasteiger partial charge in [0.25, 0.3) is 11.7 Å². The quantitative estimate of drug-likeness (QED) is 0.509. The molecule has 1 atom stereocenters. The number of hydrogen-bond acceptors (Lipinski definition) is 4. The number of aliphatic hydroxyl groups excluding tert-OH is 1. The highest BCUT2D eigenvalue weighted by molar-refractivity contribution is 6.46. The summed E-state index contributed by atoms with van der Waals surface area (Å²) in [5, 5.41) is 10.7. The first-order chi connectivity index (χ1) is 12.6. The van der Waals surface area contributed by atoms with Gasteiger partial charge in [0.2, 0.25) is 0 Å². The van der Waals surface area contributed by atoms with Gasteiger partial charge in [-0.05, 0) is 6.07 Å². The first-order valence-corrected chi connectivity index (χ1v) is 8.13. The number of aliphatic hydroxyl groups is 1. The Bertz CT molecular complexity index is 863. The van der Waals surface area contributed by atoms with Gasteiger partial charge in [0.05, 0.1) is 18.2 Å². The zero-order valence-electron chi connectivity index (χ0n) is 14.2. The molecule has 0 aliphatic carbocycles. The van der Waals surface area contributed by atoms with Crippen molar-refractivity contribution in [3.8, 4) is 0 Å². The number of Topliss-reactive ketones (excluding diaryl/α,β-unsaturated/α-hetero) is 1. The van der Waals surface area contributed by atoms with Crippen molar-refractivity contribution < 1.29 is 23.8 Å². The van der Waals surface area contributed by atoms with E-state index in [1.54, 1.807) is 36.4 Å². The molecule has 0 aromatic heterocycles. The summed E-state index contributed by atoms with van der Waals surface area (Å²) in [4.78, 5) is 26.4. The largest absolute Gasteiger partial charge is 0.507 e. The summed E-state index contributed by atoms with van der Waals surface area (Å²) in [6.07, 6.45) is 0. The second-order valence-electron chi connectivity index (χ2n) is 5.87. The highest BCUT2D eigenvalue weighted by Crippen LogP contribution is 2.39. The number of methoxy groups -OCH3 is 1. The van der Waals surface area contributed by atoms with E-state index in [4.69, 9.17) is 4.74 Å². The molecule has 1 aliphatic heterocycles. The monoisotopic (exact) mass is 355 g/mol. The molecule has 5 nitrogen and oxygen atoms in total. The SMILES string of the molecule is COCCN1C(=O)C(=O)C(=C(O)c2ccccc2)C1c1ccccc1F. The smallest absolute Gasteiger partial charge is 0.295 e. The summed E-state index contributed by atoms with van der Waals surface area (Å²) >= 11 is 0. The van der Waals surface area contributed by atoms with E-state index in [0.29, 0.717) is 5.56 Å². The number of nitrogens with zero attached hydrogens (tertiary/aromatic N) is 1. The van der Waals surface area contributed by atoms with Gasteiger partial charge in [0.15, 0.2) is 0 Å². The van der Waals surface area contributed by atoms with Crippen LogP contribution in [0.5, 0.6) is 0 Å². The van der Waals surface area contributed by atoms with Crippen LogP contribution in [0.25, 0.3) is 5.76 Å². The number of carbonyl (C=O) groups excluding carboxylic acids is 2. The van der Waals surface area contributed by atoms with E-state index in [-0.39, 0.29) is 30.0 Å². The topological polar surface area (TPSA) is 66.8 Å². The molecule has 1 saturated heterocycles. The zero-order valence-corrected chi connectivity index (χ0v) is 14.2. The molecule has 1 aliphatic rings. The fourth-order valence-corrected chi connectivity index (χ4v) is 3.07. The van der Waals surface area contributed by atoms with Crippen LogP contribution in [-0.4, -0.2) is 42.0 Å². The number of carbonyl (C=O) groups is 2. The molecule has 0 spiro atoms. The van der Waals surface area contributed by atoms with Crippen LogP contribution in [0.4, 0.5) is 4.39 Å². The van der Waals surface area contributed by atoms with Crippen LogP contribution < -0.4 is 0 Å². The maximum absolute atomic E-state index is 14.4. The number of likely N-dealkylation sites (tertiary alicyclic amines) is 1. The van der Waals surface area contributed by atoms with E-state index in [9.17, 15) is 19.1 Å². The lowest BCUT2D eigenvalue weighted by Gasteiger charge is -2.25. The lowest BCUT2D eigenvalue weighted by atomic mass is 9.95. The predicted molar refractivity (Wildman–Crippen MR) is 93.7 cm³/mol. The Morgan fingerprint density at radius 2 is 1.77 bits per heavy atom. The maximum atomic E-state index is 14.4. The minimum Gasteiger partial charge on any atom is -0.507 e. The summed E-state index contributed by atoms with van der Waals surface area (Å²) in [6, 6.07) is 13.3. The van der Waals surface area contributed by atoms with E-state index in [1.165, 1.54) is 30.2 Å². The highest BCUT2D eigenvalue weighted by Gasteiger charge is 2.46. The van der Waals surface area contributed by atoms with Crippen LogP contribution in [0.3, 0.4) is 0 Å². The fourth-order valence-electron chi connectivity index (χ4n) is 3.07. The van der Waals surface area contributed by atoms with Gasteiger partial charge < -0.3 is 14.7 Å². The number of amides is 1. The molecule has 1 amide bonds. The van der Waals surface area contributed by atoms with Crippen molar-refractivity contribution in [2.45, 2.75) is 6.04 Å². The molecular weight excluding hydrogens is 337 g/mol. The maximum Gasteiger partial charge on any atom is 0.295 e. The van der Waals surface area contributed by atoms with Crippen molar-refractivity contribution in [1.29, 1.82) is 0 Å². The zero-order chi connectivity index (χ0) is 18.7. The number of halogens is 1. The van der Waals surface area contributed by atoms with Gasteiger partial charge >= 0.3 is 0 Å². The molecule has 1 unspecified atom stereocenters. The molecule has 0 radical (unpaired) electrons. The minimum atomic E-state index is -1.01. The van der Waals surface area contributed by atoms with Crippen LogP contribution in [0, 0.1) is 5.82 Å². The molecule has 3 rings (SSSR count). The molecule has 26 heavy (non-hydrogen) atoms. The van der Waals surface area contributed by atoms with Crippen molar-refractivity contribution in [2.24, 2.45) is 0 Å². The van der Waals surface area contributed by atoms with Gasteiger partial charge in [-0.25, -0.2) is 4.39 Å². The Labute approximate surface area is 150 Å². The number of rotatable bonds is 5. The lowest BCUT2D eigenvalue weighted by molar-refractivity contribution is -0.140. The Morgan fingerprint density at radius 3 is 2.42 bits per heavy atom. The Hall–Kier alpha value is -2.99. The summed E-state index contributed by atoms with van der Waals surface area (Å²) in [6.45, 7) is 0.287. The number of ketones is 1. The summed E-state index contributed by atoms with van der Waals surface area (Å²) < 4.78 is 19.5. The van der Waals surface area contributed by atoms with Crippen molar-refractivity contribution in [1.82, 2.24) is 4.90 Å². The fraction of sp³-hybridized carbons (Fsp3) is 0.200. The Kier molecular flexibility index (Phi) is 5.14. The van der Waals surface area contributed by atoms with Crippen LogP contribution in [0.15, 0.2) is 60.2 Å². The summed E-state index contributed by atoms with van der Waals surface area (Å²) in [5.74, 6) is -2.50. The average molecular weight is 355 g/mol. The number of hydrogen-bond donors (Lipinski definition) is 1. The van der Waals surface area contributed by atoms with Gasteiger partial charge in [-0.2, -0.15) is 0 Å². The third kappa shape index (κ3) is 3.11. The van der Waals surface area contributed by atoms with E-state index in [0.717, 1.165) is 0 Å². The third-order valence-electron chi connectivity index (χ3n) is 4.32. The summed E-state index contributed by atoms with van der Waals surface area (Å²) in [7, 11) is 1.47. The van der Waals surface area contributed by atoms with Crippen LogP contribution in [0.1, 0.15) is 17.2 Å². The van der Waals surface area contributed by atoms with Crippen molar-refractivity contribution in [2.75, 3.05) is 20.3 Å². The molecule has 1 fully saturated rings. The average Bonchev–Trinajstić information content (AvgIpc) is 2.91. The molecule has 6 heteroatoms. The van der Waals surface area contributed by atoms with E-state index in [2.05, 4.69) is 0 Å². The van der Waals surface area contributed by atoms with Crippen molar-refractivity contribution in [3.63, 3.8) is 0 Å². The summed E-state index contributed by atoms with van der Waals surface area (Å²) in [5.41, 5.74) is 0.418. The first-order valence-electron chi connectivity index (χ1n) is 8.13. The lowest BCUT2D eigenvalue weighted by Crippen LogP contribution is -2.33. The Morgan fingerprint density at radius 1 is 1.12 bits per heavy atom. The molecule has 1 heterocycles. The molecule has 0 bridgehead atoms. The van der Waals surface area contributed by atoms with E-state index < -0.39 is 23.5 Å². The molecule has 134 valence electrons. The van der Waals surface area contributed by atoms with Gasteiger partial charge in [-0.1, -0.05) is 48.5 Å². The Balaban J connectivity index is 2.19. The number of benzene rings is 2. The van der Waals surface area contributed by atoms with Crippen molar-refractivity contribution >= 4 is 17.4 Å². The van der Waals surface area contributed by atoms with Gasteiger partial charge in [-0.3, -0.25) is 9.59 Å². The van der Waals surface area contributed by atoms with Crippen molar-refractivity contribution in [3.05, 3.63) is 77.1 Å². The van der Waals surface area contributed by atoms with Gasteiger partial charge in [-0.15, -0.1) is 0 Å². The molecular formula is C20H18FNO4. The van der Waals surface area contributed by atoms with E-state index >= 15 is 0 Å². The molecule has 0 saturated carbocycles. The van der Waals surface area contributed by atoms with Crippen LogP contribution in [0.2, 0.25) is 0 Å². The van der Waals surface area contributed by atoms with Crippen LogP contribution in [-0.2, 0) is 14.3 Å². The molecule has 2 aromatic carbocycles. The van der Waals surface area contributed by atoms with E-state index in [1.807, 2.05) is 0 Å². The second kappa shape index (κ2) is 7.49. The van der Waals surface area contributed by atoms with Gasteiger partial charge in [0, 0.05) is 24.8 Å². The third-order valence-corrected chi connectivity index (χ3v) is 4.32. The van der Waals surface area contributed by atoms with Gasteiger partial charge in [0.1, 0.15) is 11.6 Å². The minimum absolute atomic E-state index is 0.103. The highest BCUT2D eigenvalue weighted by atomic mass is 19.1. The first kappa shape index (κ1) is 17.8. The predicted octanol–water partition coefficient (Wildman–Crippen LogP) is 2.89. The molecule has 2 aromatic rings.